The number of nitrogens with zero attached hydrogens (tertiary/aromatic N) is 4. The highest BCUT2D eigenvalue weighted by Crippen LogP contribution is 2.19. The minimum atomic E-state index is -0.647. The molecule has 0 saturated heterocycles. The SMILES string of the molecule is Cc1cn(-c2ccc([N+](=O)[O-])cc2F)cn1.Cc1cnc[nH]1. The molecule has 114 valence electrons. The zero-order valence-corrected chi connectivity index (χ0v) is 12.0. The van der Waals surface area contributed by atoms with E-state index in [0.717, 1.165) is 17.5 Å². The summed E-state index contributed by atoms with van der Waals surface area (Å²) in [6.07, 6.45) is 6.54. The number of hydrogen-bond acceptors (Lipinski definition) is 4. The summed E-state index contributed by atoms with van der Waals surface area (Å²) in [4.78, 5) is 20.4. The van der Waals surface area contributed by atoms with Crippen LogP contribution in [0.4, 0.5) is 10.1 Å². The molecule has 2 aromatic heterocycles. The standard InChI is InChI=1S/C10H8FN3O2.C4H6N2/c1-7-5-13(6-12-7)10-3-2-8(14(15)16)4-9(10)11;1-4-2-5-3-6-4/h2-6H,1H3;2-3H,1H3,(H,5,6). The lowest BCUT2D eigenvalue weighted by atomic mass is 10.2. The third kappa shape index (κ3) is 3.75. The van der Waals surface area contributed by atoms with Crippen LogP contribution in [0.2, 0.25) is 0 Å². The van der Waals surface area contributed by atoms with Gasteiger partial charge in [-0.3, -0.25) is 10.1 Å². The Morgan fingerprint density at radius 3 is 2.55 bits per heavy atom. The van der Waals surface area contributed by atoms with Crippen molar-refractivity contribution in [1.29, 1.82) is 0 Å². The van der Waals surface area contributed by atoms with Crippen LogP contribution < -0.4 is 0 Å². The van der Waals surface area contributed by atoms with Gasteiger partial charge in [0.05, 0.1) is 35.0 Å². The Hall–Kier alpha value is -3.03. The van der Waals surface area contributed by atoms with Crippen LogP contribution in [0, 0.1) is 29.8 Å². The third-order valence-electron chi connectivity index (χ3n) is 2.77. The second-order valence-electron chi connectivity index (χ2n) is 4.55. The first-order valence-electron chi connectivity index (χ1n) is 6.37. The van der Waals surface area contributed by atoms with Gasteiger partial charge in [0.15, 0.2) is 5.82 Å². The molecule has 0 saturated carbocycles. The molecule has 8 heteroatoms. The molecule has 0 aliphatic carbocycles. The maximum atomic E-state index is 13.6. The Kier molecular flexibility index (Phi) is 4.62. The average Bonchev–Trinajstić information content (AvgIpc) is 3.10. The van der Waals surface area contributed by atoms with Crippen LogP contribution in [0.15, 0.2) is 43.2 Å². The number of imidazole rings is 2. The molecule has 22 heavy (non-hydrogen) atoms. The van der Waals surface area contributed by atoms with Crippen LogP contribution in [0.5, 0.6) is 0 Å². The monoisotopic (exact) mass is 303 g/mol. The predicted octanol–water partition coefficient (Wildman–Crippen LogP) is 2.95. The fraction of sp³-hybridized carbons (Fsp3) is 0.143. The molecule has 0 amide bonds. The molecule has 1 aromatic carbocycles. The van der Waals surface area contributed by atoms with E-state index in [1.807, 2.05) is 6.92 Å². The largest absolute Gasteiger partial charge is 0.349 e. The fourth-order valence-electron chi connectivity index (χ4n) is 1.70. The Bertz CT molecular complexity index is 767. The van der Waals surface area contributed by atoms with Crippen LogP contribution in [-0.4, -0.2) is 24.4 Å². The van der Waals surface area contributed by atoms with Gasteiger partial charge in [-0.2, -0.15) is 0 Å². The van der Waals surface area contributed by atoms with E-state index in [4.69, 9.17) is 0 Å². The first kappa shape index (κ1) is 15.4. The number of nitro groups is 1. The van der Waals surface area contributed by atoms with Crippen molar-refractivity contribution < 1.29 is 9.31 Å². The molecule has 3 rings (SSSR count). The Labute approximate surface area is 125 Å². The Morgan fingerprint density at radius 1 is 1.36 bits per heavy atom. The highest BCUT2D eigenvalue weighted by atomic mass is 19.1. The van der Waals surface area contributed by atoms with Gasteiger partial charge in [0.25, 0.3) is 5.69 Å². The van der Waals surface area contributed by atoms with Gasteiger partial charge in [0.2, 0.25) is 0 Å². The van der Waals surface area contributed by atoms with Crippen molar-refractivity contribution in [2.24, 2.45) is 0 Å². The molecular weight excluding hydrogens is 289 g/mol. The number of benzene rings is 1. The van der Waals surface area contributed by atoms with Gasteiger partial charge in [-0.05, 0) is 19.9 Å². The molecule has 7 nitrogen and oxygen atoms in total. The minimum Gasteiger partial charge on any atom is -0.349 e. The fourth-order valence-corrected chi connectivity index (χ4v) is 1.70. The number of rotatable bonds is 2. The molecule has 0 spiro atoms. The van der Waals surface area contributed by atoms with Crippen molar-refractivity contribution in [2.45, 2.75) is 13.8 Å². The van der Waals surface area contributed by atoms with E-state index in [1.54, 1.807) is 25.6 Å². The highest BCUT2D eigenvalue weighted by Gasteiger charge is 2.11. The molecule has 0 bridgehead atoms. The quantitative estimate of drug-likeness (QED) is 0.582. The molecule has 0 radical (unpaired) electrons. The Morgan fingerprint density at radius 2 is 2.14 bits per heavy atom. The summed E-state index contributed by atoms with van der Waals surface area (Å²) in [7, 11) is 0. The number of aromatic amines is 1. The maximum absolute atomic E-state index is 13.6. The topological polar surface area (TPSA) is 89.6 Å². The molecule has 0 fully saturated rings. The maximum Gasteiger partial charge on any atom is 0.272 e. The van der Waals surface area contributed by atoms with Gasteiger partial charge in [0, 0.05) is 24.2 Å². The lowest BCUT2D eigenvalue weighted by Gasteiger charge is -2.02. The van der Waals surface area contributed by atoms with Crippen LogP contribution in [0.1, 0.15) is 11.4 Å². The lowest BCUT2D eigenvalue weighted by Crippen LogP contribution is -1.96. The first-order chi connectivity index (χ1) is 10.5. The minimum absolute atomic E-state index is 0.242. The number of H-pyrrole nitrogens is 1. The number of aryl methyl sites for hydroxylation is 2. The summed E-state index contributed by atoms with van der Waals surface area (Å²) in [5.74, 6) is -0.647. The van der Waals surface area contributed by atoms with E-state index in [9.17, 15) is 14.5 Å². The zero-order chi connectivity index (χ0) is 16.1. The number of halogens is 1. The van der Waals surface area contributed by atoms with Gasteiger partial charge >= 0.3 is 0 Å². The van der Waals surface area contributed by atoms with Gasteiger partial charge in [-0.25, -0.2) is 14.4 Å². The molecule has 2 heterocycles. The molecule has 3 aromatic rings. The molecule has 0 aliphatic rings. The van der Waals surface area contributed by atoms with Crippen molar-refractivity contribution in [3.8, 4) is 5.69 Å². The van der Waals surface area contributed by atoms with Crippen LogP contribution in [0.25, 0.3) is 5.69 Å². The van der Waals surface area contributed by atoms with E-state index in [2.05, 4.69) is 15.0 Å². The van der Waals surface area contributed by atoms with Crippen LogP contribution >= 0.6 is 0 Å². The summed E-state index contributed by atoms with van der Waals surface area (Å²) >= 11 is 0. The summed E-state index contributed by atoms with van der Waals surface area (Å²) in [5.41, 5.74) is 1.83. The van der Waals surface area contributed by atoms with Crippen molar-refractivity contribution in [3.63, 3.8) is 0 Å². The molecule has 0 aliphatic heterocycles. The van der Waals surface area contributed by atoms with Gasteiger partial charge < -0.3 is 9.55 Å². The number of nitro benzene ring substituents is 1. The summed E-state index contributed by atoms with van der Waals surface area (Å²) in [6.45, 7) is 3.74. The van der Waals surface area contributed by atoms with E-state index in [-0.39, 0.29) is 11.4 Å². The summed E-state index contributed by atoms with van der Waals surface area (Å²) < 4.78 is 15.0. The Balaban J connectivity index is 0.000000246. The van der Waals surface area contributed by atoms with E-state index >= 15 is 0 Å². The second-order valence-corrected chi connectivity index (χ2v) is 4.55. The van der Waals surface area contributed by atoms with Crippen molar-refractivity contribution in [2.75, 3.05) is 0 Å². The number of nitrogens with one attached hydrogen (secondary N) is 1. The van der Waals surface area contributed by atoms with E-state index in [0.29, 0.717) is 0 Å². The number of aromatic nitrogens is 4. The van der Waals surface area contributed by atoms with Crippen molar-refractivity contribution in [1.82, 2.24) is 19.5 Å². The molecule has 0 atom stereocenters. The smallest absolute Gasteiger partial charge is 0.272 e. The first-order valence-corrected chi connectivity index (χ1v) is 6.37. The number of hydrogen-bond donors (Lipinski definition) is 1. The second kappa shape index (κ2) is 6.61. The van der Waals surface area contributed by atoms with Crippen molar-refractivity contribution >= 4 is 5.69 Å². The third-order valence-corrected chi connectivity index (χ3v) is 2.77. The van der Waals surface area contributed by atoms with E-state index < -0.39 is 10.7 Å². The summed E-state index contributed by atoms with van der Waals surface area (Å²) in [6, 6.07) is 3.51. The molecule has 0 unspecified atom stereocenters. The van der Waals surface area contributed by atoms with Gasteiger partial charge in [-0.1, -0.05) is 0 Å². The van der Waals surface area contributed by atoms with Gasteiger partial charge in [-0.15, -0.1) is 0 Å². The highest BCUT2D eigenvalue weighted by molar-refractivity contribution is 5.42. The van der Waals surface area contributed by atoms with E-state index in [1.165, 1.54) is 23.0 Å². The summed E-state index contributed by atoms with van der Waals surface area (Å²) in [5, 5.41) is 10.4. The normalized spacial score (nSPS) is 9.95. The average molecular weight is 303 g/mol. The number of non-ortho nitro benzene ring substituents is 1. The van der Waals surface area contributed by atoms with Gasteiger partial charge in [0.1, 0.15) is 0 Å². The predicted molar refractivity (Wildman–Crippen MR) is 78.2 cm³/mol. The molecular formula is C14H14FN5O2. The molecule has 1 N–H and O–H groups in total. The van der Waals surface area contributed by atoms with Crippen LogP contribution in [0.3, 0.4) is 0 Å². The lowest BCUT2D eigenvalue weighted by molar-refractivity contribution is -0.385. The van der Waals surface area contributed by atoms with Crippen LogP contribution in [-0.2, 0) is 0 Å². The zero-order valence-electron chi connectivity index (χ0n) is 12.0. The van der Waals surface area contributed by atoms with Crippen molar-refractivity contribution in [3.05, 3.63) is 70.6 Å².